The van der Waals surface area contributed by atoms with E-state index in [9.17, 15) is 4.39 Å². The quantitative estimate of drug-likeness (QED) is 0.662. The zero-order chi connectivity index (χ0) is 9.10. The molecule has 0 amide bonds. The van der Waals surface area contributed by atoms with Crippen LogP contribution in [-0.4, -0.2) is 19.3 Å². The van der Waals surface area contributed by atoms with Gasteiger partial charge in [0.25, 0.3) is 0 Å². The van der Waals surface area contributed by atoms with Crippen LogP contribution in [0.5, 0.6) is 0 Å². The van der Waals surface area contributed by atoms with Crippen molar-refractivity contribution in [2.45, 2.75) is 44.7 Å². The Morgan fingerprint density at radius 3 is 2.31 bits per heavy atom. The van der Waals surface area contributed by atoms with E-state index in [4.69, 9.17) is 0 Å². The van der Waals surface area contributed by atoms with Crippen molar-refractivity contribution < 1.29 is 4.39 Å². The molecule has 0 radical (unpaired) electrons. The lowest BCUT2D eigenvalue weighted by molar-refractivity contribution is 0.0959. The van der Waals surface area contributed by atoms with Gasteiger partial charge in [0.1, 0.15) is 6.17 Å². The average Bonchev–Trinajstić information content (AvgIpc) is 2.20. The van der Waals surface area contributed by atoms with E-state index in [1.165, 1.54) is 19.3 Å². The van der Waals surface area contributed by atoms with Gasteiger partial charge in [-0.25, -0.2) is 4.39 Å². The van der Waals surface area contributed by atoms with Gasteiger partial charge in [-0.1, -0.05) is 12.8 Å². The standard InChI is InChI=1S/C11H20FN/c12-11-4-2-1-3-10(11)9-5-7-13-8-6-9/h9-11,13H,1-8H2. The molecule has 2 fully saturated rings. The van der Waals surface area contributed by atoms with E-state index < -0.39 is 6.17 Å². The molecule has 1 heterocycles. The summed E-state index contributed by atoms with van der Waals surface area (Å²) in [7, 11) is 0. The van der Waals surface area contributed by atoms with Crippen molar-refractivity contribution in [3.8, 4) is 0 Å². The van der Waals surface area contributed by atoms with Crippen molar-refractivity contribution in [3.63, 3.8) is 0 Å². The van der Waals surface area contributed by atoms with Crippen LogP contribution in [0.25, 0.3) is 0 Å². The summed E-state index contributed by atoms with van der Waals surface area (Å²) in [4.78, 5) is 0. The van der Waals surface area contributed by atoms with Crippen molar-refractivity contribution in [2.75, 3.05) is 13.1 Å². The zero-order valence-corrected chi connectivity index (χ0v) is 8.27. The molecule has 2 heteroatoms. The first-order valence-corrected chi connectivity index (χ1v) is 5.72. The molecule has 1 nitrogen and oxygen atoms in total. The minimum absolute atomic E-state index is 0.399. The molecule has 1 aliphatic heterocycles. The van der Waals surface area contributed by atoms with Crippen molar-refractivity contribution in [2.24, 2.45) is 11.8 Å². The summed E-state index contributed by atoms with van der Waals surface area (Å²) >= 11 is 0. The van der Waals surface area contributed by atoms with Gasteiger partial charge >= 0.3 is 0 Å². The van der Waals surface area contributed by atoms with E-state index in [0.717, 1.165) is 32.4 Å². The molecule has 2 rings (SSSR count). The molecule has 1 aliphatic carbocycles. The van der Waals surface area contributed by atoms with Crippen molar-refractivity contribution in [3.05, 3.63) is 0 Å². The van der Waals surface area contributed by atoms with Crippen LogP contribution in [0.1, 0.15) is 38.5 Å². The maximum atomic E-state index is 13.6. The lowest BCUT2D eigenvalue weighted by Crippen LogP contribution is -2.36. The molecule has 13 heavy (non-hydrogen) atoms. The molecule has 1 saturated carbocycles. The third kappa shape index (κ3) is 2.22. The van der Waals surface area contributed by atoms with E-state index in [-0.39, 0.29) is 0 Å². The maximum absolute atomic E-state index is 13.6. The molecule has 0 aromatic carbocycles. The van der Waals surface area contributed by atoms with E-state index in [0.29, 0.717) is 11.8 Å². The summed E-state index contributed by atoms with van der Waals surface area (Å²) in [6, 6.07) is 0. The SMILES string of the molecule is FC1CCCCC1C1CCNCC1. The molecular weight excluding hydrogens is 165 g/mol. The van der Waals surface area contributed by atoms with E-state index in [1.807, 2.05) is 0 Å². The number of halogens is 1. The molecule has 76 valence electrons. The van der Waals surface area contributed by atoms with Gasteiger partial charge < -0.3 is 5.32 Å². The highest BCUT2D eigenvalue weighted by Gasteiger charge is 2.32. The highest BCUT2D eigenvalue weighted by molar-refractivity contribution is 4.83. The van der Waals surface area contributed by atoms with Crippen LogP contribution in [0.2, 0.25) is 0 Å². The Morgan fingerprint density at radius 1 is 0.923 bits per heavy atom. The molecule has 0 bridgehead atoms. The van der Waals surface area contributed by atoms with Crippen LogP contribution in [0, 0.1) is 11.8 Å². The monoisotopic (exact) mass is 185 g/mol. The summed E-state index contributed by atoms with van der Waals surface area (Å²) in [6.45, 7) is 2.21. The normalized spacial score (nSPS) is 37.6. The number of hydrogen-bond acceptors (Lipinski definition) is 1. The van der Waals surface area contributed by atoms with Crippen LogP contribution in [0.15, 0.2) is 0 Å². The van der Waals surface area contributed by atoms with Gasteiger partial charge in [0.05, 0.1) is 0 Å². The van der Waals surface area contributed by atoms with Gasteiger partial charge in [-0.15, -0.1) is 0 Å². The van der Waals surface area contributed by atoms with Gasteiger partial charge in [0.15, 0.2) is 0 Å². The van der Waals surface area contributed by atoms with E-state index in [1.54, 1.807) is 0 Å². The van der Waals surface area contributed by atoms with Gasteiger partial charge in [0, 0.05) is 0 Å². The fourth-order valence-corrected chi connectivity index (χ4v) is 2.92. The Balaban J connectivity index is 1.88. The van der Waals surface area contributed by atoms with Crippen molar-refractivity contribution in [1.82, 2.24) is 5.32 Å². The second kappa shape index (κ2) is 4.41. The van der Waals surface area contributed by atoms with Crippen molar-refractivity contribution in [1.29, 1.82) is 0 Å². The zero-order valence-electron chi connectivity index (χ0n) is 8.27. The van der Waals surface area contributed by atoms with Crippen LogP contribution in [0.4, 0.5) is 4.39 Å². The Labute approximate surface area is 80.1 Å². The summed E-state index contributed by atoms with van der Waals surface area (Å²) < 4.78 is 13.6. The van der Waals surface area contributed by atoms with Crippen LogP contribution in [0.3, 0.4) is 0 Å². The Bertz CT molecular complexity index is 154. The number of hydrogen-bond donors (Lipinski definition) is 1. The smallest absolute Gasteiger partial charge is 0.103 e. The molecule has 2 unspecified atom stereocenters. The predicted molar refractivity (Wildman–Crippen MR) is 52.4 cm³/mol. The second-order valence-corrected chi connectivity index (χ2v) is 4.55. The highest BCUT2D eigenvalue weighted by atomic mass is 19.1. The Kier molecular flexibility index (Phi) is 3.20. The second-order valence-electron chi connectivity index (χ2n) is 4.55. The van der Waals surface area contributed by atoms with Crippen LogP contribution < -0.4 is 5.32 Å². The van der Waals surface area contributed by atoms with Gasteiger partial charge in [0.2, 0.25) is 0 Å². The topological polar surface area (TPSA) is 12.0 Å². The Morgan fingerprint density at radius 2 is 1.62 bits per heavy atom. The molecule has 1 saturated heterocycles. The molecule has 0 aromatic heterocycles. The minimum Gasteiger partial charge on any atom is -0.317 e. The number of piperidine rings is 1. The van der Waals surface area contributed by atoms with Crippen LogP contribution in [-0.2, 0) is 0 Å². The molecule has 2 aliphatic rings. The first-order valence-electron chi connectivity index (χ1n) is 5.72. The molecule has 2 atom stereocenters. The summed E-state index contributed by atoms with van der Waals surface area (Å²) in [5, 5.41) is 3.35. The molecule has 1 N–H and O–H groups in total. The fourth-order valence-electron chi connectivity index (χ4n) is 2.92. The number of nitrogens with one attached hydrogen (secondary N) is 1. The predicted octanol–water partition coefficient (Wildman–Crippen LogP) is 2.51. The molecular formula is C11H20FN. The maximum Gasteiger partial charge on any atom is 0.103 e. The number of alkyl halides is 1. The minimum atomic E-state index is -0.489. The first kappa shape index (κ1) is 9.45. The lowest BCUT2D eigenvalue weighted by Gasteiger charge is -2.35. The molecule has 0 aromatic rings. The third-order valence-corrected chi connectivity index (χ3v) is 3.72. The Hall–Kier alpha value is -0.110. The average molecular weight is 185 g/mol. The first-order chi connectivity index (χ1) is 6.38. The van der Waals surface area contributed by atoms with Gasteiger partial charge in [-0.3, -0.25) is 0 Å². The summed E-state index contributed by atoms with van der Waals surface area (Å²) in [5.41, 5.74) is 0. The van der Waals surface area contributed by atoms with E-state index in [2.05, 4.69) is 5.32 Å². The summed E-state index contributed by atoms with van der Waals surface area (Å²) in [6.07, 6.45) is 6.26. The van der Waals surface area contributed by atoms with Gasteiger partial charge in [-0.2, -0.15) is 0 Å². The lowest BCUT2D eigenvalue weighted by atomic mass is 9.75. The van der Waals surface area contributed by atoms with E-state index >= 15 is 0 Å². The fraction of sp³-hybridized carbons (Fsp3) is 1.00. The van der Waals surface area contributed by atoms with Crippen LogP contribution >= 0.6 is 0 Å². The summed E-state index contributed by atoms with van der Waals surface area (Å²) in [5.74, 6) is 1.08. The van der Waals surface area contributed by atoms with Crippen molar-refractivity contribution >= 4 is 0 Å². The molecule has 0 spiro atoms. The highest BCUT2D eigenvalue weighted by Crippen LogP contribution is 2.36. The van der Waals surface area contributed by atoms with Gasteiger partial charge in [-0.05, 0) is 50.6 Å². The third-order valence-electron chi connectivity index (χ3n) is 3.72. The largest absolute Gasteiger partial charge is 0.317 e. The number of rotatable bonds is 1.